The van der Waals surface area contributed by atoms with Gasteiger partial charge >= 0.3 is 6.18 Å². The molecule has 1 rings (SSSR count). The highest BCUT2D eigenvalue weighted by atomic mass is 35.5. The van der Waals surface area contributed by atoms with Gasteiger partial charge in [-0.2, -0.15) is 13.2 Å². The Morgan fingerprint density at radius 2 is 1.83 bits per heavy atom. The molecule has 0 aliphatic heterocycles. The average molecular weight is 283 g/mol. The van der Waals surface area contributed by atoms with Crippen molar-refractivity contribution in [3.8, 4) is 5.75 Å². The summed E-state index contributed by atoms with van der Waals surface area (Å²) in [5.41, 5.74) is 0.827. The zero-order chi connectivity index (χ0) is 13.6. The summed E-state index contributed by atoms with van der Waals surface area (Å²) in [6.07, 6.45) is -3.97. The Morgan fingerprint density at radius 1 is 1.22 bits per heavy atom. The number of methoxy groups -OCH3 is 1. The molecule has 18 heavy (non-hydrogen) atoms. The molecular weight excluding hydrogens is 269 g/mol. The minimum Gasteiger partial charge on any atom is -0.497 e. The molecule has 0 aromatic heterocycles. The topological polar surface area (TPSA) is 18.5 Å². The third-order valence-corrected chi connectivity index (χ3v) is 2.73. The molecule has 0 aliphatic carbocycles. The summed E-state index contributed by atoms with van der Waals surface area (Å²) >= 11 is 6.05. The van der Waals surface area contributed by atoms with Crippen LogP contribution < -0.4 is 4.74 Å². The first kappa shape index (κ1) is 15.1. The first-order chi connectivity index (χ1) is 8.42. The van der Waals surface area contributed by atoms with Crippen molar-refractivity contribution in [1.29, 1.82) is 0 Å². The van der Waals surface area contributed by atoms with Gasteiger partial charge in [0.25, 0.3) is 0 Å². The molecule has 0 saturated carbocycles. The molecule has 1 aromatic rings. The molecule has 6 heteroatoms. The minimum absolute atomic E-state index is 0.0281. The van der Waals surface area contributed by atoms with Crippen LogP contribution in [0.2, 0.25) is 0 Å². The van der Waals surface area contributed by atoms with Crippen molar-refractivity contribution in [3.63, 3.8) is 0 Å². The lowest BCUT2D eigenvalue weighted by Gasteiger charge is -2.12. The van der Waals surface area contributed by atoms with E-state index in [1.54, 1.807) is 31.4 Å². The van der Waals surface area contributed by atoms with Crippen LogP contribution in [0.15, 0.2) is 24.3 Å². The highest BCUT2D eigenvalue weighted by molar-refractivity contribution is 6.20. The molecular formula is C12H14ClF3O2. The Bertz CT molecular complexity index is 351. The fraction of sp³-hybridized carbons (Fsp3) is 0.500. The molecule has 0 fully saturated rings. The van der Waals surface area contributed by atoms with Crippen LogP contribution in [0, 0.1) is 0 Å². The van der Waals surface area contributed by atoms with Gasteiger partial charge in [-0.05, 0) is 24.1 Å². The number of hydrogen-bond acceptors (Lipinski definition) is 2. The largest absolute Gasteiger partial charge is 0.497 e. The van der Waals surface area contributed by atoms with E-state index in [1.807, 2.05) is 0 Å². The number of ether oxygens (including phenoxy) is 2. The van der Waals surface area contributed by atoms with Gasteiger partial charge in [-0.1, -0.05) is 12.1 Å². The highest BCUT2D eigenvalue weighted by Crippen LogP contribution is 2.26. The van der Waals surface area contributed by atoms with E-state index in [2.05, 4.69) is 4.74 Å². The van der Waals surface area contributed by atoms with Gasteiger partial charge in [0.1, 0.15) is 12.4 Å². The van der Waals surface area contributed by atoms with Crippen molar-refractivity contribution < 1.29 is 22.6 Å². The van der Waals surface area contributed by atoms with E-state index in [4.69, 9.17) is 16.3 Å². The molecule has 0 heterocycles. The molecule has 1 unspecified atom stereocenters. The molecule has 0 N–H and O–H groups in total. The zero-order valence-electron chi connectivity index (χ0n) is 9.84. The molecule has 2 nitrogen and oxygen atoms in total. The second-order valence-corrected chi connectivity index (χ2v) is 4.22. The summed E-state index contributed by atoms with van der Waals surface area (Å²) in [5, 5.41) is -0.371. The van der Waals surface area contributed by atoms with Gasteiger partial charge in [0.15, 0.2) is 0 Å². The molecule has 1 atom stereocenters. The molecule has 0 saturated heterocycles. The first-order valence-electron chi connectivity index (χ1n) is 5.35. The molecule has 0 bridgehead atoms. The normalized spacial score (nSPS) is 13.4. The maximum Gasteiger partial charge on any atom is 0.411 e. The monoisotopic (exact) mass is 282 g/mol. The van der Waals surface area contributed by atoms with Crippen LogP contribution in [0.4, 0.5) is 13.2 Å². The van der Waals surface area contributed by atoms with Gasteiger partial charge in [-0.15, -0.1) is 11.6 Å². The number of halogens is 4. The lowest BCUT2D eigenvalue weighted by atomic mass is 10.1. The average Bonchev–Trinajstić information content (AvgIpc) is 2.33. The number of hydrogen-bond donors (Lipinski definition) is 0. The Labute approximate surface area is 109 Å². The van der Waals surface area contributed by atoms with Gasteiger partial charge in [-0.25, -0.2) is 0 Å². The van der Waals surface area contributed by atoms with Crippen molar-refractivity contribution in [1.82, 2.24) is 0 Å². The van der Waals surface area contributed by atoms with Crippen molar-refractivity contribution in [2.24, 2.45) is 0 Å². The summed E-state index contributed by atoms with van der Waals surface area (Å²) < 4.78 is 44.9. The summed E-state index contributed by atoms with van der Waals surface area (Å²) in [4.78, 5) is 0. The van der Waals surface area contributed by atoms with Crippen LogP contribution >= 0.6 is 11.6 Å². The Balaban J connectivity index is 2.33. The Hall–Kier alpha value is -0.940. The molecule has 0 amide bonds. The first-order valence-corrected chi connectivity index (χ1v) is 5.78. The van der Waals surface area contributed by atoms with Gasteiger partial charge in [0, 0.05) is 6.61 Å². The SMILES string of the molecule is COc1ccc(C(Cl)CCOCC(F)(F)F)cc1. The van der Waals surface area contributed by atoms with Crippen LogP contribution in [0.1, 0.15) is 17.4 Å². The van der Waals surface area contributed by atoms with Gasteiger partial charge in [-0.3, -0.25) is 0 Å². The van der Waals surface area contributed by atoms with E-state index < -0.39 is 12.8 Å². The van der Waals surface area contributed by atoms with Crippen molar-refractivity contribution in [2.45, 2.75) is 18.0 Å². The highest BCUT2D eigenvalue weighted by Gasteiger charge is 2.27. The molecule has 0 aliphatic rings. The van der Waals surface area contributed by atoms with Crippen LogP contribution in [0.25, 0.3) is 0 Å². The van der Waals surface area contributed by atoms with E-state index in [-0.39, 0.29) is 12.0 Å². The van der Waals surface area contributed by atoms with Gasteiger partial charge in [0.05, 0.1) is 12.5 Å². The van der Waals surface area contributed by atoms with E-state index in [9.17, 15) is 13.2 Å². The van der Waals surface area contributed by atoms with Gasteiger partial charge < -0.3 is 9.47 Å². The predicted octanol–water partition coefficient (Wildman–Crippen LogP) is 3.94. The standard InChI is InChI=1S/C12H14ClF3O2/c1-17-10-4-2-9(3-5-10)11(13)6-7-18-8-12(14,15)16/h2-5,11H,6-8H2,1H3. The minimum atomic E-state index is -4.29. The van der Waals surface area contributed by atoms with Gasteiger partial charge in [0.2, 0.25) is 0 Å². The Kier molecular flexibility index (Phi) is 5.75. The van der Waals surface area contributed by atoms with E-state index in [0.29, 0.717) is 12.2 Å². The molecule has 0 radical (unpaired) electrons. The number of alkyl halides is 4. The third kappa shape index (κ3) is 5.60. The van der Waals surface area contributed by atoms with Crippen LogP contribution in [0.3, 0.4) is 0 Å². The fourth-order valence-electron chi connectivity index (χ4n) is 1.35. The summed E-state index contributed by atoms with van der Waals surface area (Å²) in [5.74, 6) is 0.705. The van der Waals surface area contributed by atoms with Crippen molar-refractivity contribution >= 4 is 11.6 Å². The second-order valence-electron chi connectivity index (χ2n) is 3.70. The quantitative estimate of drug-likeness (QED) is 0.581. The summed E-state index contributed by atoms with van der Waals surface area (Å²) in [6.45, 7) is -1.26. The second kappa shape index (κ2) is 6.85. The van der Waals surface area contributed by atoms with Crippen molar-refractivity contribution in [3.05, 3.63) is 29.8 Å². The van der Waals surface area contributed by atoms with E-state index in [0.717, 1.165) is 5.56 Å². The lowest BCUT2D eigenvalue weighted by Crippen LogP contribution is -2.17. The van der Waals surface area contributed by atoms with Crippen LogP contribution in [-0.4, -0.2) is 26.5 Å². The molecule has 0 spiro atoms. The predicted molar refractivity (Wildman–Crippen MR) is 63.1 cm³/mol. The number of rotatable bonds is 6. The summed E-state index contributed by atoms with van der Waals surface area (Å²) in [6, 6.07) is 7.06. The maximum atomic E-state index is 11.8. The van der Waals surface area contributed by atoms with E-state index in [1.165, 1.54) is 0 Å². The summed E-state index contributed by atoms with van der Waals surface area (Å²) in [7, 11) is 1.55. The Morgan fingerprint density at radius 3 is 2.33 bits per heavy atom. The molecule has 102 valence electrons. The van der Waals surface area contributed by atoms with E-state index >= 15 is 0 Å². The van der Waals surface area contributed by atoms with Crippen LogP contribution in [0.5, 0.6) is 5.75 Å². The number of benzene rings is 1. The van der Waals surface area contributed by atoms with Crippen LogP contribution in [-0.2, 0) is 4.74 Å². The lowest BCUT2D eigenvalue weighted by molar-refractivity contribution is -0.174. The maximum absolute atomic E-state index is 11.8. The van der Waals surface area contributed by atoms with Crippen molar-refractivity contribution in [2.75, 3.05) is 20.3 Å². The zero-order valence-corrected chi connectivity index (χ0v) is 10.6. The molecule has 1 aromatic carbocycles. The third-order valence-electron chi connectivity index (χ3n) is 2.26. The smallest absolute Gasteiger partial charge is 0.411 e. The fourth-order valence-corrected chi connectivity index (χ4v) is 1.59.